The van der Waals surface area contributed by atoms with Crippen LogP contribution in [0.15, 0.2) is 30.3 Å². The number of aromatic nitrogens is 1. The molecule has 2 rings (SSSR count). The van der Waals surface area contributed by atoms with Crippen molar-refractivity contribution < 1.29 is 5.11 Å². The Balaban J connectivity index is 2.62. The van der Waals surface area contributed by atoms with E-state index in [1.807, 2.05) is 42.2 Å². The number of nitrogens with two attached hydrogens (primary N) is 1. The molecule has 2 aromatic rings. The highest BCUT2D eigenvalue weighted by molar-refractivity contribution is 7.80. The second kappa shape index (κ2) is 5.95. The molecule has 0 unspecified atom stereocenters. The summed E-state index contributed by atoms with van der Waals surface area (Å²) < 4.78 is 0. The minimum atomic E-state index is 0.0686. The molecule has 0 aliphatic rings. The lowest BCUT2D eigenvalue weighted by molar-refractivity contribution is 0.302. The van der Waals surface area contributed by atoms with Crippen LogP contribution in [0.5, 0.6) is 0 Å². The molecule has 1 heterocycles. The molecule has 1 aromatic carbocycles. The maximum absolute atomic E-state index is 9.14. The third-order valence-electron chi connectivity index (χ3n) is 3.02. The highest BCUT2D eigenvalue weighted by atomic mass is 32.1. The van der Waals surface area contributed by atoms with Gasteiger partial charge < -0.3 is 15.7 Å². The van der Waals surface area contributed by atoms with Crippen LogP contribution in [-0.4, -0.2) is 34.8 Å². The van der Waals surface area contributed by atoms with Crippen molar-refractivity contribution >= 4 is 33.9 Å². The average molecular weight is 275 g/mol. The maximum atomic E-state index is 9.14. The Morgan fingerprint density at radius 3 is 2.79 bits per heavy atom. The van der Waals surface area contributed by atoms with E-state index < -0.39 is 0 Å². The van der Waals surface area contributed by atoms with Crippen molar-refractivity contribution in [2.45, 2.75) is 6.92 Å². The first-order valence-electron chi connectivity index (χ1n) is 6.22. The number of benzene rings is 1. The van der Waals surface area contributed by atoms with Gasteiger partial charge in [0.1, 0.15) is 10.8 Å². The summed E-state index contributed by atoms with van der Waals surface area (Å²) in [6.45, 7) is 3.33. The minimum Gasteiger partial charge on any atom is -0.395 e. The number of nitrogens with zero attached hydrogens (tertiary/aromatic N) is 2. The van der Waals surface area contributed by atoms with Crippen molar-refractivity contribution in [2.24, 2.45) is 5.73 Å². The summed E-state index contributed by atoms with van der Waals surface area (Å²) >= 11 is 5.11. The van der Waals surface area contributed by atoms with Gasteiger partial charge in [-0.3, -0.25) is 0 Å². The van der Waals surface area contributed by atoms with Gasteiger partial charge in [0, 0.05) is 18.5 Å². The maximum Gasteiger partial charge on any atom is 0.139 e. The third-order valence-corrected chi connectivity index (χ3v) is 3.24. The van der Waals surface area contributed by atoms with Gasteiger partial charge in [0.2, 0.25) is 0 Å². The molecule has 3 N–H and O–H groups in total. The molecule has 0 bridgehead atoms. The van der Waals surface area contributed by atoms with Crippen molar-refractivity contribution in [2.75, 3.05) is 24.6 Å². The first-order chi connectivity index (χ1) is 9.17. The summed E-state index contributed by atoms with van der Waals surface area (Å²) in [7, 11) is 0. The van der Waals surface area contributed by atoms with Crippen LogP contribution in [0.2, 0.25) is 0 Å². The number of aliphatic hydroxyl groups is 1. The molecule has 19 heavy (non-hydrogen) atoms. The molecule has 0 radical (unpaired) electrons. The predicted molar refractivity (Wildman–Crippen MR) is 82.6 cm³/mol. The molecule has 0 aliphatic carbocycles. The fourth-order valence-electron chi connectivity index (χ4n) is 2.06. The summed E-state index contributed by atoms with van der Waals surface area (Å²) in [6.07, 6.45) is 0. The molecule has 5 heteroatoms. The van der Waals surface area contributed by atoms with Gasteiger partial charge in [0.05, 0.1) is 17.7 Å². The molecule has 0 aliphatic heterocycles. The Labute approximate surface area is 117 Å². The predicted octanol–water partition coefficient (Wildman–Crippen LogP) is 1.69. The van der Waals surface area contributed by atoms with Crippen LogP contribution in [0, 0.1) is 0 Å². The quantitative estimate of drug-likeness (QED) is 0.813. The zero-order chi connectivity index (χ0) is 13.8. The Kier molecular flexibility index (Phi) is 4.29. The van der Waals surface area contributed by atoms with Crippen molar-refractivity contribution in [3.05, 3.63) is 35.9 Å². The van der Waals surface area contributed by atoms with Gasteiger partial charge in [-0.15, -0.1) is 0 Å². The molecule has 0 spiro atoms. The molecule has 0 saturated heterocycles. The lowest BCUT2D eigenvalue weighted by Crippen LogP contribution is -2.29. The van der Waals surface area contributed by atoms with E-state index in [1.54, 1.807) is 0 Å². The lowest BCUT2D eigenvalue weighted by Gasteiger charge is -2.23. The van der Waals surface area contributed by atoms with Crippen LogP contribution in [0.4, 0.5) is 5.82 Å². The summed E-state index contributed by atoms with van der Waals surface area (Å²) in [5, 5.41) is 10.1. The van der Waals surface area contributed by atoms with Gasteiger partial charge in [-0.2, -0.15) is 0 Å². The van der Waals surface area contributed by atoms with E-state index >= 15 is 0 Å². The van der Waals surface area contributed by atoms with Crippen LogP contribution in [-0.2, 0) is 0 Å². The number of fused-ring (bicyclic) bond motifs is 1. The van der Waals surface area contributed by atoms with E-state index in [0.717, 1.165) is 28.8 Å². The number of hydrogen-bond donors (Lipinski definition) is 2. The SMILES string of the molecule is CCN(CCO)c1nc2ccccc2cc1C(N)=S. The monoisotopic (exact) mass is 275 g/mol. The standard InChI is InChI=1S/C14H17N3OS/c1-2-17(7-8-18)14-11(13(15)19)9-10-5-3-4-6-12(10)16-14/h3-6,9,18H,2,7-8H2,1H3,(H2,15,19). The topological polar surface area (TPSA) is 62.4 Å². The molecule has 4 nitrogen and oxygen atoms in total. The number of rotatable bonds is 5. The first-order valence-corrected chi connectivity index (χ1v) is 6.63. The Morgan fingerprint density at radius 2 is 2.16 bits per heavy atom. The summed E-state index contributed by atoms with van der Waals surface area (Å²) in [5.74, 6) is 0.739. The van der Waals surface area contributed by atoms with Gasteiger partial charge in [-0.1, -0.05) is 30.4 Å². The van der Waals surface area contributed by atoms with Gasteiger partial charge in [0.25, 0.3) is 0 Å². The lowest BCUT2D eigenvalue weighted by atomic mass is 10.1. The molecule has 0 saturated carbocycles. The molecular weight excluding hydrogens is 258 g/mol. The zero-order valence-corrected chi connectivity index (χ0v) is 11.7. The Morgan fingerprint density at radius 1 is 1.42 bits per heavy atom. The largest absolute Gasteiger partial charge is 0.395 e. The van der Waals surface area contributed by atoms with Gasteiger partial charge in [0.15, 0.2) is 0 Å². The van der Waals surface area contributed by atoms with E-state index in [-0.39, 0.29) is 6.61 Å². The summed E-state index contributed by atoms with van der Waals surface area (Å²) in [6, 6.07) is 9.80. The highest BCUT2D eigenvalue weighted by Crippen LogP contribution is 2.23. The fourth-order valence-corrected chi connectivity index (χ4v) is 2.21. The number of likely N-dealkylation sites (N-methyl/N-ethyl adjacent to an activating group) is 1. The highest BCUT2D eigenvalue weighted by Gasteiger charge is 2.14. The van der Waals surface area contributed by atoms with Crippen LogP contribution in [0.3, 0.4) is 0 Å². The number of thiocarbonyl (C=S) groups is 1. The zero-order valence-electron chi connectivity index (χ0n) is 10.8. The number of pyridine rings is 1. The second-order valence-electron chi connectivity index (χ2n) is 4.22. The average Bonchev–Trinajstić information content (AvgIpc) is 2.43. The van der Waals surface area contributed by atoms with E-state index in [4.69, 9.17) is 23.1 Å². The first kappa shape index (κ1) is 13.7. The van der Waals surface area contributed by atoms with Crippen LogP contribution >= 0.6 is 12.2 Å². The third kappa shape index (κ3) is 2.83. The number of hydrogen-bond acceptors (Lipinski definition) is 4. The number of anilines is 1. The van der Waals surface area contributed by atoms with Crippen molar-refractivity contribution in [1.82, 2.24) is 4.98 Å². The van der Waals surface area contributed by atoms with Gasteiger partial charge >= 0.3 is 0 Å². The van der Waals surface area contributed by atoms with E-state index in [9.17, 15) is 0 Å². The smallest absolute Gasteiger partial charge is 0.139 e. The van der Waals surface area contributed by atoms with Crippen molar-refractivity contribution in [3.8, 4) is 0 Å². The van der Waals surface area contributed by atoms with Crippen molar-refractivity contribution in [3.63, 3.8) is 0 Å². The number of aliphatic hydroxyl groups excluding tert-OH is 1. The summed E-state index contributed by atoms with van der Waals surface area (Å²) in [4.78, 5) is 6.93. The van der Waals surface area contributed by atoms with E-state index in [2.05, 4.69) is 4.98 Å². The number of para-hydroxylation sites is 1. The minimum absolute atomic E-state index is 0.0686. The van der Waals surface area contributed by atoms with Gasteiger partial charge in [-0.25, -0.2) is 4.98 Å². The molecule has 0 amide bonds. The van der Waals surface area contributed by atoms with Crippen LogP contribution in [0.25, 0.3) is 10.9 Å². The Hall–Kier alpha value is -1.72. The second-order valence-corrected chi connectivity index (χ2v) is 4.66. The van der Waals surface area contributed by atoms with E-state index in [0.29, 0.717) is 11.5 Å². The Bertz CT molecular complexity index is 600. The van der Waals surface area contributed by atoms with Crippen molar-refractivity contribution in [1.29, 1.82) is 0 Å². The molecule has 100 valence electrons. The van der Waals surface area contributed by atoms with Crippen LogP contribution in [0.1, 0.15) is 12.5 Å². The fraction of sp³-hybridized carbons (Fsp3) is 0.286. The normalized spacial score (nSPS) is 10.6. The van der Waals surface area contributed by atoms with Gasteiger partial charge in [-0.05, 0) is 19.1 Å². The van der Waals surface area contributed by atoms with Crippen LogP contribution < -0.4 is 10.6 Å². The summed E-state index contributed by atoms with van der Waals surface area (Å²) in [5.41, 5.74) is 7.45. The van der Waals surface area contributed by atoms with E-state index in [1.165, 1.54) is 0 Å². The molecule has 0 atom stereocenters. The molecule has 0 fully saturated rings. The molecular formula is C14H17N3OS. The molecule has 1 aromatic heterocycles.